The fourth-order valence-corrected chi connectivity index (χ4v) is 4.19. The minimum absolute atomic E-state index is 0.0151. The summed E-state index contributed by atoms with van der Waals surface area (Å²) in [6, 6.07) is 5.33. The quantitative estimate of drug-likeness (QED) is 0.394. The molecule has 1 atom stereocenters. The van der Waals surface area contributed by atoms with Gasteiger partial charge in [-0.15, -0.1) is 0 Å². The molecule has 0 fully saturated rings. The molecule has 0 bridgehead atoms. The lowest BCUT2D eigenvalue weighted by Crippen LogP contribution is -2.37. The van der Waals surface area contributed by atoms with E-state index >= 15 is 0 Å². The molecule has 0 aromatic heterocycles. The van der Waals surface area contributed by atoms with E-state index in [9.17, 15) is 19.7 Å². The summed E-state index contributed by atoms with van der Waals surface area (Å²) in [5.41, 5.74) is 1.73. The molecule has 10 heteroatoms. The third kappa shape index (κ3) is 4.02. The van der Waals surface area contributed by atoms with E-state index in [1.165, 1.54) is 31.0 Å². The van der Waals surface area contributed by atoms with E-state index in [1.807, 2.05) is 0 Å². The third-order valence-electron chi connectivity index (χ3n) is 4.43. The largest absolute Gasteiger partial charge is 0.466 e. The normalized spacial score (nSPS) is 18.0. The maximum atomic E-state index is 12.6. The Morgan fingerprint density at radius 2 is 2.14 bits per heavy atom. The molecule has 0 radical (unpaired) electrons. The van der Waals surface area contributed by atoms with E-state index < -0.39 is 22.9 Å². The van der Waals surface area contributed by atoms with Gasteiger partial charge in [-0.1, -0.05) is 23.9 Å². The number of ether oxygens (including phenoxy) is 2. The van der Waals surface area contributed by atoms with Crippen molar-refractivity contribution in [1.82, 2.24) is 4.90 Å². The summed E-state index contributed by atoms with van der Waals surface area (Å²) in [5.74, 6) is -1.00. The number of fused-ring (bicyclic) bond motifs is 1. The van der Waals surface area contributed by atoms with Crippen molar-refractivity contribution in [1.29, 1.82) is 0 Å². The molecule has 9 nitrogen and oxygen atoms in total. The number of nitro benzene ring substituents is 1. The van der Waals surface area contributed by atoms with Crippen molar-refractivity contribution in [2.75, 3.05) is 13.7 Å². The third-order valence-corrected chi connectivity index (χ3v) is 5.32. The molecule has 2 aliphatic heterocycles. The van der Waals surface area contributed by atoms with Crippen LogP contribution in [0.5, 0.6) is 0 Å². The molecule has 2 heterocycles. The van der Waals surface area contributed by atoms with E-state index in [1.54, 1.807) is 36.3 Å². The highest BCUT2D eigenvalue weighted by Gasteiger charge is 2.41. The van der Waals surface area contributed by atoms with Gasteiger partial charge in [0.25, 0.3) is 5.69 Å². The highest BCUT2D eigenvalue weighted by Crippen LogP contribution is 2.45. The van der Waals surface area contributed by atoms with Crippen LogP contribution in [0.3, 0.4) is 0 Å². The zero-order chi connectivity index (χ0) is 21.1. The van der Waals surface area contributed by atoms with Crippen LogP contribution in [0.2, 0.25) is 0 Å². The molecule has 152 valence electrons. The van der Waals surface area contributed by atoms with Crippen LogP contribution in [0.1, 0.15) is 31.9 Å². The summed E-state index contributed by atoms with van der Waals surface area (Å²) in [7, 11) is 1.26. The van der Waals surface area contributed by atoms with E-state index in [-0.39, 0.29) is 24.3 Å². The average molecular weight is 417 g/mol. The molecular weight excluding hydrogens is 398 g/mol. The Morgan fingerprint density at radius 3 is 2.79 bits per heavy atom. The van der Waals surface area contributed by atoms with Gasteiger partial charge in [0.05, 0.1) is 42.4 Å². The number of nitro groups is 1. The molecule has 1 aromatic carbocycles. The smallest absolute Gasteiger partial charge is 0.338 e. The van der Waals surface area contributed by atoms with Crippen LogP contribution in [0.25, 0.3) is 0 Å². The molecule has 3 rings (SSSR count). The average Bonchev–Trinajstić information content (AvgIpc) is 3.08. The van der Waals surface area contributed by atoms with Crippen LogP contribution in [0, 0.1) is 10.1 Å². The number of carbonyl (C=O) groups is 2. The first-order valence-electron chi connectivity index (χ1n) is 8.80. The van der Waals surface area contributed by atoms with Crippen molar-refractivity contribution in [2.45, 2.75) is 26.3 Å². The second kappa shape index (κ2) is 8.48. The van der Waals surface area contributed by atoms with E-state index in [2.05, 4.69) is 4.99 Å². The lowest BCUT2D eigenvalue weighted by atomic mass is 9.93. The second-order valence-corrected chi connectivity index (χ2v) is 7.06. The number of hydrogen-bond acceptors (Lipinski definition) is 9. The molecule has 2 aliphatic rings. The van der Waals surface area contributed by atoms with Gasteiger partial charge in [0.15, 0.2) is 5.17 Å². The van der Waals surface area contributed by atoms with Crippen LogP contribution in [0.15, 0.2) is 51.6 Å². The Balaban J connectivity index is 2.10. The number of nitrogens with zero attached hydrogens (tertiary/aromatic N) is 3. The standard InChI is InChI=1S/C19H19N3O6S/c1-4-28-15(23)9-14-10-29-19-20-11(2)16(18(24)27-3)17(21(14)19)12-6-5-7-13(8-12)22(25)26/h5-8,10,17H,4,9H2,1-3H3/t17-/m1/s1. The number of aliphatic imine (C=N–C) groups is 1. The SMILES string of the molecule is CCOC(=O)CC1=CSC2=NC(C)=C(C(=O)OC)[C@@H](c3cccc([N+](=O)[O-])c3)N12. The number of methoxy groups -OCH3 is 1. The van der Waals surface area contributed by atoms with Gasteiger partial charge >= 0.3 is 11.9 Å². The van der Waals surface area contributed by atoms with E-state index in [4.69, 9.17) is 9.47 Å². The van der Waals surface area contributed by atoms with E-state index in [0.717, 1.165) is 0 Å². The first-order chi connectivity index (χ1) is 13.9. The Labute approximate surface area is 171 Å². The zero-order valence-corrected chi connectivity index (χ0v) is 16.9. The number of carbonyl (C=O) groups excluding carboxylic acids is 2. The van der Waals surface area contributed by atoms with Crippen molar-refractivity contribution in [3.05, 3.63) is 62.3 Å². The molecule has 1 aromatic rings. The molecule has 0 aliphatic carbocycles. The minimum Gasteiger partial charge on any atom is -0.466 e. The first-order valence-corrected chi connectivity index (χ1v) is 9.68. The van der Waals surface area contributed by atoms with Crippen molar-refractivity contribution in [3.8, 4) is 0 Å². The number of hydrogen-bond donors (Lipinski definition) is 0. The monoisotopic (exact) mass is 417 g/mol. The van der Waals surface area contributed by atoms with Gasteiger partial charge in [0.1, 0.15) is 0 Å². The van der Waals surface area contributed by atoms with Crippen molar-refractivity contribution < 1.29 is 24.0 Å². The molecule has 29 heavy (non-hydrogen) atoms. The van der Waals surface area contributed by atoms with Gasteiger partial charge in [-0.25, -0.2) is 9.79 Å². The number of esters is 2. The Hall–Kier alpha value is -3.14. The number of allylic oxidation sites excluding steroid dienone is 1. The lowest BCUT2D eigenvalue weighted by molar-refractivity contribution is -0.384. The lowest BCUT2D eigenvalue weighted by Gasteiger charge is -2.36. The number of amidine groups is 1. The maximum Gasteiger partial charge on any atom is 0.338 e. The van der Waals surface area contributed by atoms with E-state index in [0.29, 0.717) is 22.1 Å². The highest BCUT2D eigenvalue weighted by molar-refractivity contribution is 8.16. The van der Waals surface area contributed by atoms with Gasteiger partial charge in [0.2, 0.25) is 0 Å². The summed E-state index contributed by atoms with van der Waals surface area (Å²) in [4.78, 5) is 41.6. The van der Waals surface area contributed by atoms with Gasteiger partial charge in [-0.05, 0) is 24.8 Å². The van der Waals surface area contributed by atoms with Crippen molar-refractivity contribution >= 4 is 34.6 Å². The predicted octanol–water partition coefficient (Wildman–Crippen LogP) is 3.30. The van der Waals surface area contributed by atoms with Crippen molar-refractivity contribution in [2.24, 2.45) is 4.99 Å². The fraction of sp³-hybridized carbons (Fsp3) is 0.316. The second-order valence-electron chi connectivity index (χ2n) is 6.22. The fourth-order valence-electron chi connectivity index (χ4n) is 3.22. The molecular formula is C19H19N3O6S. The first kappa shape index (κ1) is 20.6. The summed E-state index contributed by atoms with van der Waals surface area (Å²) in [5, 5.41) is 13.6. The molecule has 0 spiro atoms. The summed E-state index contributed by atoms with van der Waals surface area (Å²) >= 11 is 1.31. The van der Waals surface area contributed by atoms with Gasteiger partial charge < -0.3 is 14.4 Å². The molecule has 0 amide bonds. The van der Waals surface area contributed by atoms with Crippen molar-refractivity contribution in [3.63, 3.8) is 0 Å². The van der Waals surface area contributed by atoms with Crippen LogP contribution >= 0.6 is 11.8 Å². The van der Waals surface area contributed by atoms with Crippen LogP contribution in [-0.4, -0.2) is 40.6 Å². The predicted molar refractivity (Wildman–Crippen MR) is 107 cm³/mol. The van der Waals surface area contributed by atoms with Crippen LogP contribution < -0.4 is 0 Å². The number of rotatable bonds is 6. The van der Waals surface area contributed by atoms with Crippen LogP contribution in [-0.2, 0) is 19.1 Å². The molecule has 0 saturated heterocycles. The van der Waals surface area contributed by atoms with Gasteiger partial charge in [-0.3, -0.25) is 14.9 Å². The highest BCUT2D eigenvalue weighted by atomic mass is 32.2. The molecule has 0 unspecified atom stereocenters. The molecule has 0 saturated carbocycles. The zero-order valence-electron chi connectivity index (χ0n) is 16.1. The summed E-state index contributed by atoms with van der Waals surface area (Å²) in [6.45, 7) is 3.66. The number of non-ortho nitro benzene ring substituents is 1. The Bertz CT molecular complexity index is 968. The van der Waals surface area contributed by atoms with Gasteiger partial charge in [-0.2, -0.15) is 0 Å². The summed E-state index contributed by atoms with van der Waals surface area (Å²) < 4.78 is 9.99. The van der Waals surface area contributed by atoms with Crippen LogP contribution in [0.4, 0.5) is 5.69 Å². The summed E-state index contributed by atoms with van der Waals surface area (Å²) in [6.07, 6.45) is -0.0151. The minimum atomic E-state index is -0.717. The number of benzene rings is 1. The Morgan fingerprint density at radius 1 is 1.38 bits per heavy atom. The Kier molecular flexibility index (Phi) is 6.02. The maximum absolute atomic E-state index is 12.6. The molecule has 0 N–H and O–H groups in total. The number of thioether (sulfide) groups is 1. The topological polar surface area (TPSA) is 111 Å². The van der Waals surface area contributed by atoms with Gasteiger partial charge in [0, 0.05) is 17.8 Å².